The van der Waals surface area contributed by atoms with Crippen molar-refractivity contribution in [3.63, 3.8) is 0 Å². The number of thioether (sulfide) groups is 1. The van der Waals surface area contributed by atoms with Crippen molar-refractivity contribution < 1.29 is 4.79 Å². The second kappa shape index (κ2) is 13.6. The standard InChI is InChI=1S/C26H33ClN6OS/c27-20-13-15-22(16-14-20)33-23(19-35-26-28-17-10-18-29-26)24(31-32-33)25(34)30-21-11-8-6-4-2-1-3-5-7-9-12-21/h10,13-18,21H,1-9,11-12,19H2,(H,30,34). The van der Waals surface area contributed by atoms with E-state index in [0.717, 1.165) is 37.1 Å². The molecule has 2 aromatic heterocycles. The molecule has 1 fully saturated rings. The highest BCUT2D eigenvalue weighted by Gasteiger charge is 2.23. The van der Waals surface area contributed by atoms with Gasteiger partial charge in [0.1, 0.15) is 0 Å². The highest BCUT2D eigenvalue weighted by atomic mass is 35.5. The van der Waals surface area contributed by atoms with Gasteiger partial charge in [-0.15, -0.1) is 5.10 Å². The van der Waals surface area contributed by atoms with Gasteiger partial charge in [0.15, 0.2) is 10.9 Å². The first-order chi connectivity index (χ1) is 17.2. The van der Waals surface area contributed by atoms with Crippen LogP contribution >= 0.6 is 23.4 Å². The molecular formula is C26H33ClN6OS. The SMILES string of the molecule is O=C(NC1CCCCCCCCCCC1)c1nnn(-c2ccc(Cl)cc2)c1CSc1ncccn1. The van der Waals surface area contributed by atoms with E-state index in [-0.39, 0.29) is 11.9 Å². The Bertz CT molecular complexity index is 1050. The Balaban J connectivity index is 1.52. The zero-order valence-electron chi connectivity index (χ0n) is 20.0. The number of hydrogen-bond donors (Lipinski definition) is 1. The predicted octanol–water partition coefficient (Wildman–Crippen LogP) is 6.41. The summed E-state index contributed by atoms with van der Waals surface area (Å²) in [7, 11) is 0. The van der Waals surface area contributed by atoms with Crippen LogP contribution in [0.4, 0.5) is 0 Å². The third-order valence-corrected chi connectivity index (χ3v) is 7.51. The van der Waals surface area contributed by atoms with Crippen LogP contribution in [0.15, 0.2) is 47.9 Å². The quantitative estimate of drug-likeness (QED) is 0.303. The van der Waals surface area contributed by atoms with E-state index in [9.17, 15) is 4.79 Å². The Morgan fingerprint density at radius 3 is 2.17 bits per heavy atom. The van der Waals surface area contributed by atoms with Gasteiger partial charge in [0, 0.05) is 29.2 Å². The number of nitrogens with one attached hydrogen (secondary N) is 1. The fourth-order valence-electron chi connectivity index (χ4n) is 4.45. The summed E-state index contributed by atoms with van der Waals surface area (Å²) in [6, 6.07) is 9.31. The minimum Gasteiger partial charge on any atom is -0.348 e. The number of hydrogen-bond acceptors (Lipinski definition) is 6. The van der Waals surface area contributed by atoms with Gasteiger partial charge in [-0.25, -0.2) is 14.6 Å². The van der Waals surface area contributed by atoms with Gasteiger partial charge >= 0.3 is 0 Å². The zero-order valence-corrected chi connectivity index (χ0v) is 21.6. The number of rotatable bonds is 6. The number of halogens is 1. The van der Waals surface area contributed by atoms with Crippen molar-refractivity contribution in [3.05, 3.63) is 59.1 Å². The topological polar surface area (TPSA) is 85.6 Å². The molecule has 4 rings (SSSR count). The first-order valence-corrected chi connectivity index (χ1v) is 14.0. The van der Waals surface area contributed by atoms with Crippen molar-refractivity contribution in [2.45, 2.75) is 87.6 Å². The fraction of sp³-hybridized carbons (Fsp3) is 0.500. The lowest BCUT2D eigenvalue weighted by atomic mass is 9.98. The van der Waals surface area contributed by atoms with Gasteiger partial charge in [0.2, 0.25) is 0 Å². The zero-order chi connectivity index (χ0) is 24.3. The molecule has 9 heteroatoms. The Hall–Kier alpha value is -2.45. The van der Waals surface area contributed by atoms with E-state index in [1.54, 1.807) is 35.3 Å². The number of carbonyl (C=O) groups excluding carboxylic acids is 1. The lowest BCUT2D eigenvalue weighted by Gasteiger charge is -2.19. The van der Waals surface area contributed by atoms with Crippen molar-refractivity contribution in [1.29, 1.82) is 0 Å². The van der Waals surface area contributed by atoms with Gasteiger partial charge in [-0.3, -0.25) is 4.79 Å². The third kappa shape index (κ3) is 7.77. The lowest BCUT2D eigenvalue weighted by molar-refractivity contribution is 0.0925. The second-order valence-corrected chi connectivity index (χ2v) is 10.4. The van der Waals surface area contributed by atoms with Crippen LogP contribution in [0.5, 0.6) is 0 Å². The monoisotopic (exact) mass is 512 g/mol. The predicted molar refractivity (Wildman–Crippen MR) is 140 cm³/mol. The maximum absolute atomic E-state index is 13.4. The summed E-state index contributed by atoms with van der Waals surface area (Å²) < 4.78 is 1.71. The average Bonchev–Trinajstić information content (AvgIpc) is 3.29. The number of carbonyl (C=O) groups is 1. The van der Waals surface area contributed by atoms with Crippen molar-refractivity contribution in [1.82, 2.24) is 30.3 Å². The van der Waals surface area contributed by atoms with Crippen LogP contribution < -0.4 is 5.32 Å². The van der Waals surface area contributed by atoms with Gasteiger partial charge in [-0.05, 0) is 43.2 Å². The summed E-state index contributed by atoms with van der Waals surface area (Å²) in [5, 5.41) is 13.2. The number of nitrogens with zero attached hydrogens (tertiary/aromatic N) is 5. The maximum Gasteiger partial charge on any atom is 0.274 e. The Labute approximate surface area is 216 Å². The van der Waals surface area contributed by atoms with E-state index in [1.807, 2.05) is 12.1 Å². The maximum atomic E-state index is 13.4. The molecule has 0 atom stereocenters. The van der Waals surface area contributed by atoms with E-state index < -0.39 is 0 Å². The summed E-state index contributed by atoms with van der Waals surface area (Å²) in [6.07, 6.45) is 16.8. The van der Waals surface area contributed by atoms with Gasteiger partial charge < -0.3 is 5.32 Å². The van der Waals surface area contributed by atoms with Crippen LogP contribution in [-0.4, -0.2) is 36.9 Å². The van der Waals surface area contributed by atoms with Crippen LogP contribution in [0, 0.1) is 0 Å². The van der Waals surface area contributed by atoms with E-state index in [4.69, 9.17) is 11.6 Å². The highest BCUT2D eigenvalue weighted by Crippen LogP contribution is 2.24. The molecule has 0 radical (unpaired) electrons. The highest BCUT2D eigenvalue weighted by molar-refractivity contribution is 7.98. The molecule has 1 aliphatic carbocycles. The molecule has 1 aromatic carbocycles. The molecule has 0 spiro atoms. The first kappa shape index (κ1) is 25.6. The molecule has 0 saturated heterocycles. The number of benzene rings is 1. The molecular weight excluding hydrogens is 480 g/mol. The molecule has 3 aromatic rings. The molecule has 1 aliphatic rings. The normalized spacial score (nSPS) is 16.3. The van der Waals surface area contributed by atoms with Crippen LogP contribution in [0.2, 0.25) is 5.02 Å². The van der Waals surface area contributed by atoms with Crippen LogP contribution in [0.1, 0.15) is 86.8 Å². The molecule has 1 saturated carbocycles. The first-order valence-electron chi connectivity index (χ1n) is 12.6. The second-order valence-electron chi connectivity index (χ2n) is 9.02. The van der Waals surface area contributed by atoms with Crippen molar-refractivity contribution in [2.24, 2.45) is 0 Å². The Morgan fingerprint density at radius 2 is 1.54 bits per heavy atom. The molecule has 7 nitrogen and oxygen atoms in total. The van der Waals surface area contributed by atoms with Crippen molar-refractivity contribution in [2.75, 3.05) is 0 Å². The average molecular weight is 513 g/mol. The molecule has 1 N–H and O–H groups in total. The number of aromatic nitrogens is 5. The molecule has 0 aliphatic heterocycles. The summed E-state index contributed by atoms with van der Waals surface area (Å²) in [4.78, 5) is 22.0. The van der Waals surface area contributed by atoms with Crippen molar-refractivity contribution in [3.8, 4) is 5.69 Å². The largest absolute Gasteiger partial charge is 0.348 e. The smallest absolute Gasteiger partial charge is 0.274 e. The van der Waals surface area contributed by atoms with Crippen LogP contribution in [0.25, 0.3) is 5.69 Å². The molecule has 2 heterocycles. The lowest BCUT2D eigenvalue weighted by Crippen LogP contribution is -2.35. The minimum atomic E-state index is -0.160. The third-order valence-electron chi connectivity index (χ3n) is 6.37. The summed E-state index contributed by atoms with van der Waals surface area (Å²) in [5.41, 5.74) is 1.88. The van der Waals surface area contributed by atoms with Gasteiger partial charge in [0.25, 0.3) is 5.91 Å². The van der Waals surface area contributed by atoms with Crippen LogP contribution in [0.3, 0.4) is 0 Å². The molecule has 0 unspecified atom stereocenters. The van der Waals surface area contributed by atoms with E-state index in [1.165, 1.54) is 56.7 Å². The molecule has 186 valence electrons. The minimum absolute atomic E-state index is 0.160. The van der Waals surface area contributed by atoms with E-state index >= 15 is 0 Å². The Morgan fingerprint density at radius 1 is 0.943 bits per heavy atom. The fourth-order valence-corrected chi connectivity index (χ4v) is 5.37. The van der Waals surface area contributed by atoms with Gasteiger partial charge in [0.05, 0.1) is 11.4 Å². The Kier molecular flexibility index (Phi) is 9.95. The van der Waals surface area contributed by atoms with Gasteiger partial charge in [-0.1, -0.05) is 86.4 Å². The molecule has 1 amide bonds. The molecule has 0 bridgehead atoms. The molecule has 35 heavy (non-hydrogen) atoms. The summed E-state index contributed by atoms with van der Waals surface area (Å²) in [6.45, 7) is 0. The summed E-state index contributed by atoms with van der Waals surface area (Å²) >= 11 is 7.53. The van der Waals surface area contributed by atoms with Crippen molar-refractivity contribution >= 4 is 29.3 Å². The van der Waals surface area contributed by atoms with Crippen LogP contribution in [-0.2, 0) is 5.75 Å². The van der Waals surface area contributed by atoms with E-state index in [0.29, 0.717) is 21.6 Å². The van der Waals surface area contributed by atoms with E-state index in [2.05, 4.69) is 25.6 Å². The number of amides is 1. The van der Waals surface area contributed by atoms with Gasteiger partial charge in [-0.2, -0.15) is 0 Å². The summed E-state index contributed by atoms with van der Waals surface area (Å²) in [5.74, 6) is 0.305.